The minimum absolute atomic E-state index is 0.187. The van der Waals surface area contributed by atoms with Crippen LogP contribution in [-0.2, 0) is 45.4 Å². The minimum Gasteiger partial charge on any atom is -0.384 e. The topological polar surface area (TPSA) is 77.4 Å². The molecule has 0 spiro atoms. The van der Waals surface area contributed by atoms with Crippen molar-refractivity contribution >= 4 is 13.3 Å². The molecule has 0 bridgehead atoms. The number of aliphatic hydroxyl groups is 2. The molecule has 5 atom stereocenters. The van der Waals surface area contributed by atoms with E-state index < -0.39 is 37.6 Å². The summed E-state index contributed by atoms with van der Waals surface area (Å²) in [5.74, 6) is 0. The molecule has 1 fully saturated rings. The van der Waals surface area contributed by atoms with E-state index in [4.69, 9.17) is 18.9 Å². The molecule has 6 nitrogen and oxygen atoms in total. The number of benzene rings is 5. The summed E-state index contributed by atoms with van der Waals surface area (Å²) in [4.78, 5) is 0. The molecule has 0 unspecified atom stereocenters. The van der Waals surface area contributed by atoms with Gasteiger partial charge in [0.25, 0.3) is 0 Å². The summed E-state index contributed by atoms with van der Waals surface area (Å²) in [5, 5.41) is 27.8. The maximum absolute atomic E-state index is 13.4. The first-order valence-electron chi connectivity index (χ1n) is 17.4. The molecular formula is C43H48O6Si. The molecule has 5 aromatic rings. The van der Waals surface area contributed by atoms with Crippen LogP contribution in [0.4, 0.5) is 0 Å². The minimum atomic E-state index is -2.45. The monoisotopic (exact) mass is 688 g/mol. The van der Waals surface area contributed by atoms with E-state index in [2.05, 4.69) is 25.2 Å². The molecule has 7 heteroatoms. The molecule has 0 radical (unpaired) electrons. The molecule has 1 aliphatic carbocycles. The largest absolute Gasteiger partial charge is 0.384 e. The summed E-state index contributed by atoms with van der Waals surface area (Å²) in [6, 6.07) is 50.1. The predicted octanol–water partition coefficient (Wildman–Crippen LogP) is 7.05. The van der Waals surface area contributed by atoms with Crippen LogP contribution in [0.15, 0.2) is 152 Å². The van der Waals surface area contributed by atoms with Crippen LogP contribution in [0.25, 0.3) is 0 Å². The summed E-state index contributed by atoms with van der Waals surface area (Å²) in [6.45, 7) is 5.19. The Morgan fingerprint density at radius 1 is 0.480 bits per heavy atom. The molecule has 1 saturated carbocycles. The Balaban J connectivity index is 1.43. The van der Waals surface area contributed by atoms with E-state index in [1.54, 1.807) is 0 Å². The Labute approximate surface area is 297 Å². The van der Waals surface area contributed by atoms with Gasteiger partial charge in [-0.05, 0) is 28.3 Å². The van der Waals surface area contributed by atoms with Gasteiger partial charge in [0.1, 0.15) is 29.5 Å². The van der Waals surface area contributed by atoms with Crippen LogP contribution >= 0.6 is 0 Å². The van der Waals surface area contributed by atoms with Crippen molar-refractivity contribution in [3.63, 3.8) is 0 Å². The number of ether oxygens (including phenoxy) is 4. The highest BCUT2D eigenvalue weighted by Gasteiger charge is 2.72. The van der Waals surface area contributed by atoms with Crippen molar-refractivity contribution in [2.75, 3.05) is 6.61 Å². The van der Waals surface area contributed by atoms with Crippen molar-refractivity contribution in [3.8, 4) is 0 Å². The molecule has 0 saturated heterocycles. The van der Waals surface area contributed by atoms with Gasteiger partial charge in [-0.1, -0.05) is 170 Å². The fourth-order valence-corrected chi connectivity index (χ4v) is 10.3. The van der Waals surface area contributed by atoms with Crippen LogP contribution < -0.4 is 5.19 Å². The quantitative estimate of drug-likeness (QED) is 0.108. The molecule has 260 valence electrons. The first kappa shape index (κ1) is 35.9. The zero-order valence-electron chi connectivity index (χ0n) is 28.9. The van der Waals surface area contributed by atoms with Gasteiger partial charge in [0.15, 0.2) is 0 Å². The van der Waals surface area contributed by atoms with Crippen LogP contribution in [0, 0.1) is 0 Å². The van der Waals surface area contributed by atoms with Crippen LogP contribution in [0.1, 0.15) is 22.3 Å². The van der Waals surface area contributed by atoms with E-state index in [9.17, 15) is 10.2 Å². The zero-order chi connectivity index (χ0) is 34.9. The van der Waals surface area contributed by atoms with E-state index in [1.807, 2.05) is 140 Å². The molecule has 1 aliphatic rings. The zero-order valence-corrected chi connectivity index (χ0v) is 29.9. The maximum Gasteiger partial charge on any atom is 0.147 e. The van der Waals surface area contributed by atoms with Crippen molar-refractivity contribution in [2.45, 2.75) is 75.1 Å². The third kappa shape index (κ3) is 8.33. The van der Waals surface area contributed by atoms with Gasteiger partial charge in [-0.3, -0.25) is 0 Å². The second kappa shape index (κ2) is 16.4. The average molecular weight is 689 g/mol. The lowest BCUT2D eigenvalue weighted by Crippen LogP contribution is -2.66. The molecule has 0 aromatic heterocycles. The summed E-state index contributed by atoms with van der Waals surface area (Å²) >= 11 is 0. The molecule has 5 aromatic carbocycles. The Bertz CT molecular complexity index is 1720. The number of hydrogen-bond donors (Lipinski definition) is 2. The van der Waals surface area contributed by atoms with E-state index in [0.717, 1.165) is 27.4 Å². The van der Waals surface area contributed by atoms with Crippen LogP contribution in [-0.4, -0.2) is 54.4 Å². The molecule has 0 aliphatic heterocycles. The van der Waals surface area contributed by atoms with E-state index in [0.29, 0.717) is 0 Å². The molecule has 0 amide bonds. The molecule has 2 N–H and O–H groups in total. The van der Waals surface area contributed by atoms with Crippen molar-refractivity contribution in [3.05, 3.63) is 174 Å². The van der Waals surface area contributed by atoms with Gasteiger partial charge < -0.3 is 29.2 Å². The second-order valence-corrected chi connectivity index (χ2v) is 18.6. The van der Waals surface area contributed by atoms with Crippen molar-refractivity contribution < 1.29 is 29.2 Å². The maximum atomic E-state index is 13.4. The van der Waals surface area contributed by atoms with Crippen molar-refractivity contribution in [1.29, 1.82) is 0 Å². The number of hydrogen-bond acceptors (Lipinski definition) is 6. The summed E-state index contributed by atoms with van der Waals surface area (Å²) < 4.78 is 26.6. The molecule has 6 rings (SSSR count). The highest BCUT2D eigenvalue weighted by Crippen LogP contribution is 2.50. The van der Waals surface area contributed by atoms with Gasteiger partial charge in [0.05, 0.1) is 41.1 Å². The third-order valence-electron chi connectivity index (χ3n) is 9.82. The van der Waals surface area contributed by atoms with Gasteiger partial charge in [0, 0.05) is 0 Å². The highest BCUT2D eigenvalue weighted by atomic mass is 28.3. The third-order valence-corrected chi connectivity index (χ3v) is 13.1. The fraction of sp³-hybridized carbons (Fsp3) is 0.302. The van der Waals surface area contributed by atoms with Crippen LogP contribution in [0.3, 0.4) is 0 Å². The van der Waals surface area contributed by atoms with E-state index >= 15 is 0 Å². The second-order valence-electron chi connectivity index (χ2n) is 13.9. The van der Waals surface area contributed by atoms with Gasteiger partial charge >= 0.3 is 0 Å². The van der Waals surface area contributed by atoms with E-state index in [1.165, 1.54) is 0 Å². The van der Waals surface area contributed by atoms with Crippen molar-refractivity contribution in [2.24, 2.45) is 0 Å². The highest BCUT2D eigenvalue weighted by molar-refractivity contribution is 6.90. The van der Waals surface area contributed by atoms with E-state index in [-0.39, 0.29) is 39.1 Å². The average Bonchev–Trinajstić information content (AvgIpc) is 3.31. The SMILES string of the molecule is C[Si](C)(C[C@@]1(O)[C@H](OCc2ccccc2)[C@@H](OCc2ccccc2)[C@H](OCc2ccccc2)[C@@]1(O)COCc1ccccc1)c1ccccc1. The summed E-state index contributed by atoms with van der Waals surface area (Å²) in [6.07, 6.45) is -2.78. The number of rotatable bonds is 16. The van der Waals surface area contributed by atoms with Gasteiger partial charge in [-0.25, -0.2) is 0 Å². The first-order chi connectivity index (χ1) is 24.3. The normalized spacial score (nSPS) is 23.6. The standard InChI is InChI=1S/C43H48O6Si/c1-50(2,38-26-16-7-17-27-38)33-43(45)41(49-31-37-24-14-6-15-25-37)39(47-29-35-20-10-4-11-21-35)40(48-30-36-22-12-5-13-23-36)42(43,44)32-46-28-34-18-8-3-9-19-34/h3-27,39-41,44-45H,28-33H2,1-2H3/t39-,40-,41+,42-,43+/m0/s1. The van der Waals surface area contributed by atoms with Gasteiger partial charge in [-0.2, -0.15) is 0 Å². The lowest BCUT2D eigenvalue weighted by molar-refractivity contribution is -0.224. The molecule has 0 heterocycles. The lowest BCUT2D eigenvalue weighted by atomic mass is 9.85. The van der Waals surface area contributed by atoms with Gasteiger partial charge in [-0.15, -0.1) is 0 Å². The first-order valence-corrected chi connectivity index (χ1v) is 20.6. The lowest BCUT2D eigenvalue weighted by Gasteiger charge is -2.45. The predicted molar refractivity (Wildman–Crippen MR) is 199 cm³/mol. The smallest absolute Gasteiger partial charge is 0.147 e. The fourth-order valence-electron chi connectivity index (χ4n) is 7.15. The Morgan fingerprint density at radius 2 is 0.840 bits per heavy atom. The van der Waals surface area contributed by atoms with Crippen LogP contribution in [0.2, 0.25) is 19.1 Å². The van der Waals surface area contributed by atoms with Crippen LogP contribution in [0.5, 0.6) is 0 Å². The molecular weight excluding hydrogens is 641 g/mol. The Hall–Kier alpha value is -3.92. The Morgan fingerprint density at radius 3 is 1.28 bits per heavy atom. The van der Waals surface area contributed by atoms with Gasteiger partial charge in [0.2, 0.25) is 0 Å². The summed E-state index contributed by atoms with van der Waals surface area (Å²) in [5.41, 5.74) is 0.110. The van der Waals surface area contributed by atoms with Crippen molar-refractivity contribution in [1.82, 2.24) is 0 Å². The molecule has 50 heavy (non-hydrogen) atoms. The Kier molecular flexibility index (Phi) is 11.8. The summed E-state index contributed by atoms with van der Waals surface area (Å²) in [7, 11) is -2.45.